The van der Waals surface area contributed by atoms with Crippen LogP contribution in [0.2, 0.25) is 0 Å². The maximum atomic E-state index is 12.7. The molecule has 0 radical (unpaired) electrons. The lowest BCUT2D eigenvalue weighted by atomic mass is 10.1. The summed E-state index contributed by atoms with van der Waals surface area (Å²) in [6, 6.07) is 4.08. The summed E-state index contributed by atoms with van der Waals surface area (Å²) in [4.78, 5) is 10.5. The lowest BCUT2D eigenvalue weighted by Gasteiger charge is -2.26. The van der Waals surface area contributed by atoms with Gasteiger partial charge in [-0.15, -0.1) is 0 Å². The fourth-order valence-corrected chi connectivity index (χ4v) is 5.11. The van der Waals surface area contributed by atoms with Gasteiger partial charge in [-0.25, -0.2) is 8.42 Å². The van der Waals surface area contributed by atoms with Gasteiger partial charge in [0.25, 0.3) is 5.69 Å². The number of nitro groups is 1. The van der Waals surface area contributed by atoms with Crippen molar-refractivity contribution in [2.45, 2.75) is 30.2 Å². The van der Waals surface area contributed by atoms with E-state index in [1.165, 1.54) is 16.4 Å². The van der Waals surface area contributed by atoms with Crippen LogP contribution in [0.4, 0.5) is 11.4 Å². The number of benzene rings is 1. The van der Waals surface area contributed by atoms with Crippen molar-refractivity contribution in [2.75, 3.05) is 18.9 Å². The fraction of sp³-hybridized carbons (Fsp3) is 0.538. The number of hydrogen-bond donors (Lipinski definition) is 1. The van der Waals surface area contributed by atoms with E-state index < -0.39 is 14.9 Å². The Morgan fingerprint density at radius 1 is 1.38 bits per heavy atom. The van der Waals surface area contributed by atoms with Gasteiger partial charge < -0.3 is 5.32 Å². The van der Waals surface area contributed by atoms with Crippen LogP contribution in [0.25, 0.3) is 0 Å². The fourth-order valence-electron chi connectivity index (χ4n) is 3.34. The standard InChI is InChI=1S/C13H17N3O4S/c1-14-12-5-4-11(7-13(12)16(17)18)21(19,20)15-8-9-2-3-10(15)6-9/h4-5,7,9-10,14H,2-3,6,8H2,1H3. The molecule has 1 saturated carbocycles. The second kappa shape index (κ2) is 4.96. The molecular formula is C13H17N3O4S. The maximum Gasteiger partial charge on any atom is 0.293 e. The number of nitrogens with zero attached hydrogens (tertiary/aromatic N) is 2. The van der Waals surface area contributed by atoms with Gasteiger partial charge in [0, 0.05) is 25.7 Å². The molecule has 0 aromatic heterocycles. The van der Waals surface area contributed by atoms with E-state index in [0.717, 1.165) is 25.3 Å². The van der Waals surface area contributed by atoms with Crippen molar-refractivity contribution in [2.24, 2.45) is 5.92 Å². The van der Waals surface area contributed by atoms with Crippen molar-refractivity contribution < 1.29 is 13.3 Å². The predicted molar refractivity (Wildman–Crippen MR) is 77.7 cm³/mol. The summed E-state index contributed by atoms with van der Waals surface area (Å²) in [7, 11) is -2.08. The van der Waals surface area contributed by atoms with Crippen LogP contribution in [-0.4, -0.2) is 37.3 Å². The molecule has 1 aromatic rings. The van der Waals surface area contributed by atoms with Crippen molar-refractivity contribution in [3.63, 3.8) is 0 Å². The number of sulfonamides is 1. The molecule has 3 rings (SSSR count). The Hall–Kier alpha value is -1.67. The van der Waals surface area contributed by atoms with Crippen molar-refractivity contribution in [3.8, 4) is 0 Å². The summed E-state index contributed by atoms with van der Waals surface area (Å²) < 4.78 is 26.9. The molecule has 8 heteroatoms. The second-order valence-electron chi connectivity index (χ2n) is 5.59. The van der Waals surface area contributed by atoms with Gasteiger partial charge in [-0.3, -0.25) is 10.1 Å². The van der Waals surface area contributed by atoms with Gasteiger partial charge in [-0.05, 0) is 37.3 Å². The lowest BCUT2D eigenvalue weighted by Crippen LogP contribution is -2.37. The smallest absolute Gasteiger partial charge is 0.293 e. The quantitative estimate of drug-likeness (QED) is 0.676. The average Bonchev–Trinajstić information content (AvgIpc) is 3.09. The van der Waals surface area contributed by atoms with Gasteiger partial charge in [0.15, 0.2) is 0 Å². The van der Waals surface area contributed by atoms with E-state index in [1.807, 2.05) is 0 Å². The highest BCUT2D eigenvalue weighted by atomic mass is 32.2. The van der Waals surface area contributed by atoms with E-state index in [2.05, 4.69) is 5.32 Å². The van der Waals surface area contributed by atoms with E-state index in [4.69, 9.17) is 0 Å². The first kappa shape index (κ1) is 14.3. The van der Waals surface area contributed by atoms with Gasteiger partial charge in [0.05, 0.1) is 9.82 Å². The van der Waals surface area contributed by atoms with E-state index in [1.54, 1.807) is 7.05 Å². The predicted octanol–water partition coefficient (Wildman–Crippen LogP) is 1.81. The van der Waals surface area contributed by atoms with Gasteiger partial charge in [-0.1, -0.05) is 0 Å². The Bertz CT molecular complexity index is 689. The molecule has 0 amide bonds. The topological polar surface area (TPSA) is 92.6 Å². The monoisotopic (exact) mass is 311 g/mol. The first-order chi connectivity index (χ1) is 9.93. The molecule has 1 saturated heterocycles. The van der Waals surface area contributed by atoms with E-state index >= 15 is 0 Å². The molecular weight excluding hydrogens is 294 g/mol. The molecule has 0 spiro atoms. The summed E-state index contributed by atoms with van der Waals surface area (Å²) in [5, 5.41) is 13.8. The Labute approximate surface area is 123 Å². The van der Waals surface area contributed by atoms with Gasteiger partial charge in [0.1, 0.15) is 5.69 Å². The SMILES string of the molecule is CNc1ccc(S(=O)(=O)N2CC3CCC2C3)cc1[N+](=O)[O-]. The van der Waals surface area contributed by atoms with Crippen LogP contribution in [0.3, 0.4) is 0 Å². The molecule has 1 heterocycles. The third-order valence-electron chi connectivity index (χ3n) is 4.40. The first-order valence-corrected chi connectivity index (χ1v) is 8.35. The molecule has 2 bridgehead atoms. The lowest BCUT2D eigenvalue weighted by molar-refractivity contribution is -0.384. The number of rotatable bonds is 4. The molecule has 1 aliphatic carbocycles. The highest BCUT2D eigenvalue weighted by Gasteiger charge is 2.44. The number of nitro benzene ring substituents is 1. The van der Waals surface area contributed by atoms with E-state index in [-0.39, 0.29) is 16.6 Å². The summed E-state index contributed by atoms with van der Waals surface area (Å²) >= 11 is 0. The molecule has 7 nitrogen and oxygen atoms in total. The van der Waals surface area contributed by atoms with Crippen LogP contribution in [-0.2, 0) is 10.0 Å². The van der Waals surface area contributed by atoms with Crippen LogP contribution in [0.1, 0.15) is 19.3 Å². The zero-order chi connectivity index (χ0) is 15.2. The van der Waals surface area contributed by atoms with Crippen molar-refractivity contribution in [1.29, 1.82) is 0 Å². The normalized spacial score (nSPS) is 25.2. The molecule has 114 valence electrons. The molecule has 1 aromatic carbocycles. The number of nitrogens with one attached hydrogen (secondary N) is 1. The third kappa shape index (κ3) is 2.28. The molecule has 21 heavy (non-hydrogen) atoms. The molecule has 2 aliphatic rings. The zero-order valence-corrected chi connectivity index (χ0v) is 12.5. The van der Waals surface area contributed by atoms with Gasteiger partial charge in [-0.2, -0.15) is 4.31 Å². The number of fused-ring (bicyclic) bond motifs is 2. The van der Waals surface area contributed by atoms with Gasteiger partial charge >= 0.3 is 0 Å². The van der Waals surface area contributed by atoms with Crippen LogP contribution in [0.5, 0.6) is 0 Å². The highest BCUT2D eigenvalue weighted by Crippen LogP contribution is 2.41. The van der Waals surface area contributed by atoms with Gasteiger partial charge in [0.2, 0.25) is 10.0 Å². The number of anilines is 1. The number of piperidine rings is 1. The maximum absolute atomic E-state index is 12.7. The summed E-state index contributed by atoms with van der Waals surface area (Å²) in [5.41, 5.74) is 0.0878. The Morgan fingerprint density at radius 3 is 2.67 bits per heavy atom. The molecule has 2 atom stereocenters. The van der Waals surface area contributed by atoms with Crippen LogP contribution in [0, 0.1) is 16.0 Å². The second-order valence-corrected chi connectivity index (χ2v) is 7.48. The van der Waals surface area contributed by atoms with Crippen LogP contribution < -0.4 is 5.32 Å². The molecule has 1 aliphatic heterocycles. The van der Waals surface area contributed by atoms with E-state index in [0.29, 0.717) is 18.2 Å². The van der Waals surface area contributed by atoms with E-state index in [9.17, 15) is 18.5 Å². The molecule has 2 fully saturated rings. The highest BCUT2D eigenvalue weighted by molar-refractivity contribution is 7.89. The summed E-state index contributed by atoms with van der Waals surface area (Å²) in [6.07, 6.45) is 2.88. The van der Waals surface area contributed by atoms with Crippen LogP contribution in [0.15, 0.2) is 23.1 Å². The third-order valence-corrected chi connectivity index (χ3v) is 6.32. The Morgan fingerprint density at radius 2 is 2.14 bits per heavy atom. The van der Waals surface area contributed by atoms with Crippen molar-refractivity contribution in [1.82, 2.24) is 4.31 Å². The minimum absolute atomic E-state index is 0.000694. The largest absolute Gasteiger partial charge is 0.383 e. The minimum Gasteiger partial charge on any atom is -0.383 e. The summed E-state index contributed by atoms with van der Waals surface area (Å²) in [6.45, 7) is 0.536. The summed E-state index contributed by atoms with van der Waals surface area (Å²) in [5.74, 6) is 0.441. The Kier molecular flexibility index (Phi) is 3.37. The minimum atomic E-state index is -3.65. The van der Waals surface area contributed by atoms with Crippen molar-refractivity contribution in [3.05, 3.63) is 28.3 Å². The molecule has 2 unspecified atom stereocenters. The first-order valence-electron chi connectivity index (χ1n) is 6.91. The average molecular weight is 311 g/mol. The Balaban J connectivity index is 1.99. The zero-order valence-electron chi connectivity index (χ0n) is 11.7. The van der Waals surface area contributed by atoms with Crippen LogP contribution >= 0.6 is 0 Å². The number of hydrogen-bond acceptors (Lipinski definition) is 5. The van der Waals surface area contributed by atoms with Crippen molar-refractivity contribution >= 4 is 21.4 Å². The molecule has 1 N–H and O–H groups in total.